The van der Waals surface area contributed by atoms with Crippen molar-refractivity contribution in [3.8, 4) is 0 Å². The van der Waals surface area contributed by atoms with Crippen LogP contribution in [0.15, 0.2) is 0 Å². The number of carbonyl (C=O) groups is 1. The SMILES string of the molecule is NCCS.O=C(O)CS. The topological polar surface area (TPSA) is 63.3 Å². The zero-order valence-electron chi connectivity index (χ0n) is 4.95. The van der Waals surface area contributed by atoms with Crippen LogP contribution >= 0.6 is 25.3 Å². The quantitative estimate of drug-likeness (QED) is 0.436. The van der Waals surface area contributed by atoms with Gasteiger partial charge in [0.05, 0.1) is 5.75 Å². The molecule has 0 aliphatic carbocycles. The van der Waals surface area contributed by atoms with Gasteiger partial charge < -0.3 is 10.8 Å². The number of aliphatic carboxylic acids is 1. The lowest BCUT2D eigenvalue weighted by Gasteiger charge is -1.71. The van der Waals surface area contributed by atoms with Crippen LogP contribution in [0.1, 0.15) is 0 Å². The van der Waals surface area contributed by atoms with Gasteiger partial charge in [-0.25, -0.2) is 0 Å². The van der Waals surface area contributed by atoms with E-state index in [0.717, 1.165) is 5.75 Å². The molecule has 5 heteroatoms. The lowest BCUT2D eigenvalue weighted by molar-refractivity contribution is -0.133. The Labute approximate surface area is 65.4 Å². The molecular weight excluding hydrogens is 158 g/mol. The second-order valence-electron chi connectivity index (χ2n) is 1.06. The molecule has 0 unspecified atom stereocenters. The summed E-state index contributed by atoms with van der Waals surface area (Å²) in [6.45, 7) is 0.684. The number of carboxylic acids is 1. The summed E-state index contributed by atoms with van der Waals surface area (Å²) in [7, 11) is 0. The van der Waals surface area contributed by atoms with Crippen molar-refractivity contribution in [2.45, 2.75) is 0 Å². The van der Waals surface area contributed by atoms with Crippen molar-refractivity contribution in [3.63, 3.8) is 0 Å². The van der Waals surface area contributed by atoms with E-state index < -0.39 is 5.97 Å². The molecule has 3 nitrogen and oxygen atoms in total. The van der Waals surface area contributed by atoms with E-state index in [-0.39, 0.29) is 5.75 Å². The highest BCUT2D eigenvalue weighted by Crippen LogP contribution is 1.66. The second kappa shape index (κ2) is 11.0. The smallest absolute Gasteiger partial charge is 0.313 e. The van der Waals surface area contributed by atoms with Crippen molar-refractivity contribution in [2.75, 3.05) is 18.1 Å². The number of hydrogen-bond acceptors (Lipinski definition) is 4. The molecule has 0 saturated heterocycles. The monoisotopic (exact) mass is 169 g/mol. The Morgan fingerprint density at radius 1 is 1.56 bits per heavy atom. The maximum atomic E-state index is 9.29. The van der Waals surface area contributed by atoms with Gasteiger partial charge in [-0.05, 0) is 0 Å². The Kier molecular flexibility index (Phi) is 14.5. The molecule has 3 N–H and O–H groups in total. The van der Waals surface area contributed by atoms with Crippen molar-refractivity contribution in [1.29, 1.82) is 0 Å². The van der Waals surface area contributed by atoms with Crippen molar-refractivity contribution >= 4 is 31.2 Å². The molecule has 0 aliphatic heterocycles. The molecule has 0 heterocycles. The summed E-state index contributed by atoms with van der Waals surface area (Å²) in [5, 5.41) is 7.65. The van der Waals surface area contributed by atoms with Gasteiger partial charge in [-0.1, -0.05) is 0 Å². The van der Waals surface area contributed by atoms with Crippen molar-refractivity contribution in [2.24, 2.45) is 5.73 Å². The van der Waals surface area contributed by atoms with Crippen LogP contribution in [0.25, 0.3) is 0 Å². The van der Waals surface area contributed by atoms with Gasteiger partial charge in [-0.3, -0.25) is 4.79 Å². The standard InChI is InChI=1S/C2H7NS.C2H4O2S/c3-1-2-4;3-2(4)1-5/h4H,1-3H2;5H,1H2,(H,3,4). The molecule has 0 aromatic rings. The van der Waals surface area contributed by atoms with Crippen molar-refractivity contribution in [3.05, 3.63) is 0 Å². The van der Waals surface area contributed by atoms with Gasteiger partial charge in [0.25, 0.3) is 0 Å². The van der Waals surface area contributed by atoms with Crippen LogP contribution in [0, 0.1) is 0 Å². The molecule has 0 saturated carbocycles. The van der Waals surface area contributed by atoms with Crippen LogP contribution in [0.5, 0.6) is 0 Å². The summed E-state index contributed by atoms with van der Waals surface area (Å²) < 4.78 is 0. The molecule has 0 radical (unpaired) electrons. The zero-order chi connectivity index (χ0) is 7.70. The third-order valence-electron chi connectivity index (χ3n) is 0.264. The van der Waals surface area contributed by atoms with E-state index in [1.807, 2.05) is 0 Å². The van der Waals surface area contributed by atoms with Crippen molar-refractivity contribution < 1.29 is 9.90 Å². The lowest BCUT2D eigenvalue weighted by atomic mass is 10.8. The molecule has 0 aromatic carbocycles. The van der Waals surface area contributed by atoms with Gasteiger partial charge in [0.2, 0.25) is 0 Å². The molecule has 0 amide bonds. The number of hydrogen-bond donors (Lipinski definition) is 4. The van der Waals surface area contributed by atoms with Crippen LogP contribution < -0.4 is 5.73 Å². The van der Waals surface area contributed by atoms with Crippen molar-refractivity contribution in [1.82, 2.24) is 0 Å². The van der Waals surface area contributed by atoms with E-state index in [1.54, 1.807) is 0 Å². The van der Waals surface area contributed by atoms with Gasteiger partial charge in [-0.15, -0.1) is 0 Å². The van der Waals surface area contributed by atoms with Crippen LogP contribution in [0.4, 0.5) is 0 Å². The van der Waals surface area contributed by atoms with Gasteiger partial charge in [0.1, 0.15) is 0 Å². The minimum atomic E-state index is -0.881. The lowest BCUT2D eigenvalue weighted by Crippen LogP contribution is -1.97. The number of thiol groups is 2. The average Bonchev–Trinajstić information content (AvgIpc) is 1.89. The number of rotatable bonds is 2. The molecule has 0 rings (SSSR count). The first-order valence-electron chi connectivity index (χ1n) is 2.32. The Balaban J connectivity index is 0. The first-order chi connectivity index (χ1) is 4.18. The summed E-state index contributed by atoms with van der Waals surface area (Å²) in [5.41, 5.74) is 4.95. The first kappa shape index (κ1) is 11.9. The Morgan fingerprint density at radius 2 is 1.78 bits per heavy atom. The van der Waals surface area contributed by atoms with Gasteiger partial charge >= 0.3 is 5.97 Å². The average molecular weight is 169 g/mol. The highest BCUT2D eigenvalue weighted by atomic mass is 32.1. The van der Waals surface area contributed by atoms with Gasteiger partial charge in [0, 0.05) is 12.3 Å². The largest absolute Gasteiger partial charge is 0.481 e. The van der Waals surface area contributed by atoms with Gasteiger partial charge in [0.15, 0.2) is 0 Å². The minimum Gasteiger partial charge on any atom is -0.481 e. The third-order valence-corrected chi connectivity index (χ3v) is 0.793. The van der Waals surface area contributed by atoms with E-state index in [4.69, 9.17) is 10.8 Å². The Morgan fingerprint density at radius 3 is 1.78 bits per heavy atom. The van der Waals surface area contributed by atoms with Crippen LogP contribution in [-0.4, -0.2) is 29.1 Å². The normalized spacial score (nSPS) is 7.44. The third kappa shape index (κ3) is 31.2. The van der Waals surface area contributed by atoms with E-state index >= 15 is 0 Å². The molecule has 0 fully saturated rings. The number of carboxylic acid groups (broad SMARTS) is 1. The highest BCUT2D eigenvalue weighted by molar-refractivity contribution is 7.81. The number of nitrogens with two attached hydrogens (primary N) is 1. The maximum Gasteiger partial charge on any atom is 0.313 e. The summed E-state index contributed by atoms with van der Waals surface area (Å²) in [6.07, 6.45) is 0. The van der Waals surface area contributed by atoms with Gasteiger partial charge in [-0.2, -0.15) is 25.3 Å². The van der Waals surface area contributed by atoms with E-state index in [9.17, 15) is 4.79 Å². The van der Waals surface area contributed by atoms with E-state index in [0.29, 0.717) is 6.54 Å². The molecule has 0 spiro atoms. The maximum absolute atomic E-state index is 9.29. The highest BCUT2D eigenvalue weighted by Gasteiger charge is 1.81. The van der Waals surface area contributed by atoms with Crippen LogP contribution in [-0.2, 0) is 4.79 Å². The fraction of sp³-hybridized carbons (Fsp3) is 0.750. The molecule has 0 aromatic heterocycles. The minimum absolute atomic E-state index is 0.0833. The summed E-state index contributed by atoms with van der Waals surface area (Å²) in [6, 6.07) is 0. The molecule has 9 heavy (non-hydrogen) atoms. The Hall–Kier alpha value is 0.130. The molecule has 0 bridgehead atoms. The molecule has 0 aliphatic rings. The van der Waals surface area contributed by atoms with Crippen LogP contribution in [0.2, 0.25) is 0 Å². The Bertz CT molecular complexity index is 67.6. The fourth-order valence-corrected chi connectivity index (χ4v) is 0. The fourth-order valence-electron chi connectivity index (χ4n) is 0. The van der Waals surface area contributed by atoms with E-state index in [1.165, 1.54) is 0 Å². The molecule has 56 valence electrons. The second-order valence-corrected chi connectivity index (χ2v) is 1.83. The summed E-state index contributed by atoms with van der Waals surface area (Å²) in [5.74, 6) is -0.173. The van der Waals surface area contributed by atoms with E-state index in [2.05, 4.69) is 25.3 Å². The summed E-state index contributed by atoms with van der Waals surface area (Å²) >= 11 is 7.21. The molecular formula is C4H11NO2S2. The predicted octanol–water partition coefficient (Wildman–Crippen LogP) is -0.124. The first-order valence-corrected chi connectivity index (χ1v) is 3.59. The predicted molar refractivity (Wildman–Crippen MR) is 44.4 cm³/mol. The van der Waals surface area contributed by atoms with Crippen LogP contribution in [0.3, 0.4) is 0 Å². The zero-order valence-corrected chi connectivity index (χ0v) is 6.74. The molecule has 0 atom stereocenters. The summed E-state index contributed by atoms with van der Waals surface area (Å²) in [4.78, 5) is 9.29.